The second-order valence-corrected chi connectivity index (χ2v) is 11.5. The zero-order valence-electron chi connectivity index (χ0n) is 20.9. The van der Waals surface area contributed by atoms with Crippen LogP contribution in [0.15, 0.2) is 46.2 Å². The van der Waals surface area contributed by atoms with Crippen molar-refractivity contribution in [3.63, 3.8) is 0 Å². The predicted molar refractivity (Wildman–Crippen MR) is 139 cm³/mol. The van der Waals surface area contributed by atoms with Crippen molar-refractivity contribution in [3.05, 3.63) is 46.9 Å². The van der Waals surface area contributed by atoms with Crippen LogP contribution < -0.4 is 10.9 Å². The molecule has 0 bridgehead atoms. The summed E-state index contributed by atoms with van der Waals surface area (Å²) in [5, 5.41) is 4.05. The number of pyridine rings is 1. The lowest BCUT2D eigenvalue weighted by Crippen LogP contribution is -2.31. The third-order valence-electron chi connectivity index (χ3n) is 6.74. The highest BCUT2D eigenvalue weighted by Gasteiger charge is 2.20. The normalized spacial score (nSPS) is 15.7. The van der Waals surface area contributed by atoms with Gasteiger partial charge in [0, 0.05) is 44.3 Å². The van der Waals surface area contributed by atoms with Crippen LogP contribution in [0.25, 0.3) is 22.2 Å². The second kappa shape index (κ2) is 10.4. The fourth-order valence-corrected chi connectivity index (χ4v) is 5.47. The van der Waals surface area contributed by atoms with Gasteiger partial charge in [-0.25, -0.2) is 17.7 Å². The highest BCUT2D eigenvalue weighted by atomic mass is 32.2. The van der Waals surface area contributed by atoms with Crippen LogP contribution in [0.3, 0.4) is 0 Å². The molecule has 0 spiro atoms. The Kier molecular flexibility index (Phi) is 7.53. The number of nitrogens with one attached hydrogen (secondary N) is 1. The standard InChI is InChI=1S/C25H34N6O3S/c1-5-31-23-20(17-27-25(28-23)26-12-9-18-10-13-30(4)14-11-18)16-22(24(31)32)19-7-6-8-21(15-19)35(33,34)29(2)3/h6-8,15-18H,5,9-14H2,1-4H3,(H,26,27,28). The van der Waals surface area contributed by atoms with Crippen LogP contribution in [-0.4, -0.2) is 72.9 Å². The number of aromatic nitrogens is 3. The number of sulfonamides is 1. The highest BCUT2D eigenvalue weighted by Crippen LogP contribution is 2.25. The van der Waals surface area contributed by atoms with Crippen LogP contribution in [0.5, 0.6) is 0 Å². The van der Waals surface area contributed by atoms with Crippen LogP contribution in [0, 0.1) is 5.92 Å². The van der Waals surface area contributed by atoms with E-state index in [0.717, 1.165) is 35.7 Å². The van der Waals surface area contributed by atoms with Crippen molar-refractivity contribution in [2.45, 2.75) is 37.6 Å². The summed E-state index contributed by atoms with van der Waals surface area (Å²) in [5.74, 6) is 1.22. The molecule has 0 radical (unpaired) electrons. The first-order valence-electron chi connectivity index (χ1n) is 12.1. The molecule has 0 saturated carbocycles. The van der Waals surface area contributed by atoms with Crippen molar-refractivity contribution < 1.29 is 8.42 Å². The summed E-state index contributed by atoms with van der Waals surface area (Å²) in [6.07, 6.45) is 5.22. The average molecular weight is 499 g/mol. The fourth-order valence-electron chi connectivity index (χ4n) is 4.52. The maximum atomic E-state index is 13.4. The third kappa shape index (κ3) is 5.39. The largest absolute Gasteiger partial charge is 0.354 e. The summed E-state index contributed by atoms with van der Waals surface area (Å²) in [5.41, 5.74) is 1.31. The van der Waals surface area contributed by atoms with Gasteiger partial charge in [-0.1, -0.05) is 12.1 Å². The van der Waals surface area contributed by atoms with E-state index >= 15 is 0 Å². The van der Waals surface area contributed by atoms with Gasteiger partial charge < -0.3 is 10.2 Å². The Labute approximate surface area is 206 Å². The van der Waals surface area contributed by atoms with E-state index in [-0.39, 0.29) is 10.5 Å². The third-order valence-corrected chi connectivity index (χ3v) is 8.55. The molecule has 1 aliphatic rings. The minimum atomic E-state index is -3.61. The number of hydrogen-bond acceptors (Lipinski definition) is 7. The number of piperidine rings is 1. The van der Waals surface area contributed by atoms with Crippen LogP contribution in [-0.2, 0) is 16.6 Å². The second-order valence-electron chi connectivity index (χ2n) is 9.36. The molecule has 1 N–H and O–H groups in total. The quantitative estimate of drug-likeness (QED) is 0.510. The minimum absolute atomic E-state index is 0.142. The summed E-state index contributed by atoms with van der Waals surface area (Å²) < 4.78 is 27.9. The molecule has 2 aromatic heterocycles. The fraction of sp³-hybridized carbons (Fsp3) is 0.480. The van der Waals surface area contributed by atoms with Gasteiger partial charge in [-0.2, -0.15) is 4.98 Å². The van der Waals surface area contributed by atoms with Gasteiger partial charge in [0.25, 0.3) is 5.56 Å². The number of likely N-dealkylation sites (tertiary alicyclic amines) is 1. The van der Waals surface area contributed by atoms with Gasteiger partial charge >= 0.3 is 0 Å². The zero-order valence-corrected chi connectivity index (χ0v) is 21.7. The van der Waals surface area contributed by atoms with Gasteiger partial charge in [-0.3, -0.25) is 9.36 Å². The van der Waals surface area contributed by atoms with Crippen LogP contribution in [0.2, 0.25) is 0 Å². The summed E-state index contributed by atoms with van der Waals surface area (Å²) in [4.78, 5) is 25.0. The van der Waals surface area contributed by atoms with E-state index in [2.05, 4.69) is 27.2 Å². The summed E-state index contributed by atoms with van der Waals surface area (Å²) in [7, 11) is 1.52. The van der Waals surface area contributed by atoms with Crippen LogP contribution in [0.4, 0.5) is 5.95 Å². The number of aryl methyl sites for hydroxylation is 1. The molecule has 1 fully saturated rings. The van der Waals surface area contributed by atoms with Crippen molar-refractivity contribution >= 4 is 27.0 Å². The Morgan fingerprint density at radius 3 is 2.60 bits per heavy atom. The Bertz CT molecular complexity index is 1360. The van der Waals surface area contributed by atoms with Gasteiger partial charge in [0.15, 0.2) is 0 Å². The molecule has 3 heterocycles. The first-order chi connectivity index (χ1) is 16.7. The first kappa shape index (κ1) is 25.3. The molecule has 3 aromatic rings. The molecule has 0 aliphatic carbocycles. The number of rotatable bonds is 8. The monoisotopic (exact) mass is 498 g/mol. The molecule has 4 rings (SSSR count). The van der Waals surface area contributed by atoms with E-state index in [9.17, 15) is 13.2 Å². The molecule has 35 heavy (non-hydrogen) atoms. The van der Waals surface area contributed by atoms with Crippen molar-refractivity contribution in [1.29, 1.82) is 0 Å². The Morgan fingerprint density at radius 1 is 1.17 bits per heavy atom. The Hall–Kier alpha value is -2.82. The maximum absolute atomic E-state index is 13.4. The zero-order chi connectivity index (χ0) is 25.2. The average Bonchev–Trinajstić information content (AvgIpc) is 2.85. The molecule has 9 nitrogen and oxygen atoms in total. The highest BCUT2D eigenvalue weighted by molar-refractivity contribution is 7.89. The molecular weight excluding hydrogens is 464 g/mol. The molecular formula is C25H34N6O3S. The van der Waals surface area contributed by atoms with E-state index in [0.29, 0.717) is 35.2 Å². The van der Waals surface area contributed by atoms with E-state index in [4.69, 9.17) is 0 Å². The molecule has 0 unspecified atom stereocenters. The molecule has 1 aromatic carbocycles. The van der Waals surface area contributed by atoms with Gasteiger partial charge in [0.2, 0.25) is 16.0 Å². The minimum Gasteiger partial charge on any atom is -0.354 e. The molecule has 188 valence electrons. The number of fused-ring (bicyclic) bond motifs is 1. The van der Waals surface area contributed by atoms with Crippen molar-refractivity contribution in [2.75, 3.05) is 46.1 Å². The SMILES string of the molecule is CCn1c(=O)c(-c2cccc(S(=O)(=O)N(C)C)c2)cc2cnc(NCCC3CCN(C)CC3)nc21. The van der Waals surface area contributed by atoms with Crippen LogP contribution in [0.1, 0.15) is 26.2 Å². The maximum Gasteiger partial charge on any atom is 0.260 e. The lowest BCUT2D eigenvalue weighted by Gasteiger charge is -2.28. The van der Waals surface area contributed by atoms with Crippen molar-refractivity contribution in [2.24, 2.45) is 5.92 Å². The van der Waals surface area contributed by atoms with Crippen LogP contribution >= 0.6 is 0 Å². The first-order valence-corrected chi connectivity index (χ1v) is 13.5. The molecule has 0 amide bonds. The number of anilines is 1. The Balaban J connectivity index is 1.61. The number of benzene rings is 1. The lowest BCUT2D eigenvalue weighted by molar-refractivity contribution is 0.215. The molecule has 10 heteroatoms. The van der Waals surface area contributed by atoms with Crippen molar-refractivity contribution in [1.82, 2.24) is 23.7 Å². The summed E-state index contributed by atoms with van der Waals surface area (Å²) >= 11 is 0. The Morgan fingerprint density at radius 2 is 1.91 bits per heavy atom. The summed E-state index contributed by atoms with van der Waals surface area (Å²) in [6, 6.07) is 8.21. The molecule has 1 aliphatic heterocycles. The lowest BCUT2D eigenvalue weighted by atomic mass is 9.94. The van der Waals surface area contributed by atoms with Gasteiger partial charge in [0.05, 0.1) is 4.90 Å². The van der Waals surface area contributed by atoms with Gasteiger partial charge in [-0.15, -0.1) is 0 Å². The summed E-state index contributed by atoms with van der Waals surface area (Å²) in [6.45, 7) is 5.41. The van der Waals surface area contributed by atoms with Crippen molar-refractivity contribution in [3.8, 4) is 11.1 Å². The molecule has 0 atom stereocenters. The molecule has 1 saturated heterocycles. The van der Waals surface area contributed by atoms with E-state index in [1.165, 1.54) is 39.1 Å². The smallest absolute Gasteiger partial charge is 0.260 e. The van der Waals surface area contributed by atoms with E-state index < -0.39 is 10.0 Å². The topological polar surface area (TPSA) is 100 Å². The van der Waals surface area contributed by atoms with Gasteiger partial charge in [-0.05, 0) is 76.0 Å². The van der Waals surface area contributed by atoms with E-state index in [1.807, 2.05) is 6.92 Å². The number of hydrogen-bond donors (Lipinski definition) is 1. The van der Waals surface area contributed by atoms with E-state index in [1.54, 1.807) is 29.0 Å². The number of nitrogens with zero attached hydrogens (tertiary/aromatic N) is 5. The van der Waals surface area contributed by atoms with Gasteiger partial charge in [0.1, 0.15) is 5.65 Å². The predicted octanol–water partition coefficient (Wildman–Crippen LogP) is 2.87.